The smallest absolute Gasteiger partial charge is 0.0705 e. The summed E-state index contributed by atoms with van der Waals surface area (Å²) in [5.41, 5.74) is 3.22. The highest BCUT2D eigenvalue weighted by Crippen LogP contribution is 2.28. The third-order valence-corrected chi connectivity index (χ3v) is 3.08. The molecule has 0 radical (unpaired) electrons. The average molecular weight is 199 g/mol. The Hall–Kier alpha value is -0.0800. The number of hydroxylamine groups is 1. The second-order valence-electron chi connectivity index (χ2n) is 5.32. The van der Waals surface area contributed by atoms with Crippen molar-refractivity contribution in [2.45, 2.75) is 53.0 Å². The first-order valence-electron chi connectivity index (χ1n) is 5.97. The lowest BCUT2D eigenvalue weighted by atomic mass is 9.80. The molecule has 0 saturated heterocycles. The van der Waals surface area contributed by atoms with Crippen molar-refractivity contribution in [3.05, 3.63) is 0 Å². The number of nitrogens with one attached hydrogen (secondary N) is 1. The van der Waals surface area contributed by atoms with Gasteiger partial charge in [0.15, 0.2) is 0 Å². The van der Waals surface area contributed by atoms with Gasteiger partial charge in [-0.25, -0.2) is 0 Å². The van der Waals surface area contributed by atoms with E-state index >= 15 is 0 Å². The SMILES string of the molecule is CC(C)CONC1CCC(C)CC1C. The molecule has 0 aromatic rings. The van der Waals surface area contributed by atoms with Crippen molar-refractivity contribution in [1.82, 2.24) is 5.48 Å². The van der Waals surface area contributed by atoms with E-state index < -0.39 is 0 Å². The van der Waals surface area contributed by atoms with Crippen LogP contribution in [0.1, 0.15) is 47.0 Å². The molecule has 3 atom stereocenters. The third-order valence-electron chi connectivity index (χ3n) is 3.08. The van der Waals surface area contributed by atoms with Crippen molar-refractivity contribution in [1.29, 1.82) is 0 Å². The monoisotopic (exact) mass is 199 g/mol. The van der Waals surface area contributed by atoms with Crippen molar-refractivity contribution in [3.63, 3.8) is 0 Å². The van der Waals surface area contributed by atoms with Gasteiger partial charge in [0.05, 0.1) is 6.61 Å². The first-order chi connectivity index (χ1) is 6.59. The summed E-state index contributed by atoms with van der Waals surface area (Å²) in [4.78, 5) is 5.49. The second kappa shape index (κ2) is 5.72. The van der Waals surface area contributed by atoms with Gasteiger partial charge in [-0.2, -0.15) is 5.48 Å². The standard InChI is InChI=1S/C12H25NO/c1-9(2)8-14-13-12-6-5-10(3)7-11(12)4/h9-13H,5-8H2,1-4H3. The lowest BCUT2D eigenvalue weighted by molar-refractivity contribution is -0.0230. The Morgan fingerprint density at radius 1 is 1.29 bits per heavy atom. The van der Waals surface area contributed by atoms with Gasteiger partial charge in [0, 0.05) is 6.04 Å². The summed E-state index contributed by atoms with van der Waals surface area (Å²) in [6.45, 7) is 9.84. The van der Waals surface area contributed by atoms with Crippen LogP contribution in [-0.2, 0) is 4.84 Å². The van der Waals surface area contributed by atoms with Crippen molar-refractivity contribution in [2.24, 2.45) is 17.8 Å². The molecule has 2 nitrogen and oxygen atoms in total. The van der Waals surface area contributed by atoms with Gasteiger partial charge < -0.3 is 4.84 Å². The minimum Gasteiger partial charge on any atom is -0.301 e. The molecule has 0 bridgehead atoms. The molecule has 84 valence electrons. The average Bonchev–Trinajstić information content (AvgIpc) is 2.08. The molecule has 0 aromatic carbocycles. The van der Waals surface area contributed by atoms with Gasteiger partial charge in [0.1, 0.15) is 0 Å². The molecule has 0 aromatic heterocycles. The van der Waals surface area contributed by atoms with E-state index in [1.165, 1.54) is 19.3 Å². The molecule has 0 spiro atoms. The van der Waals surface area contributed by atoms with E-state index in [1.807, 2.05) is 0 Å². The van der Waals surface area contributed by atoms with Gasteiger partial charge in [0.25, 0.3) is 0 Å². The van der Waals surface area contributed by atoms with E-state index in [4.69, 9.17) is 4.84 Å². The van der Waals surface area contributed by atoms with Crippen molar-refractivity contribution in [3.8, 4) is 0 Å². The van der Waals surface area contributed by atoms with Crippen LogP contribution in [0.4, 0.5) is 0 Å². The Bertz CT molecular complexity index is 158. The van der Waals surface area contributed by atoms with Crippen LogP contribution in [0.5, 0.6) is 0 Å². The van der Waals surface area contributed by atoms with E-state index in [-0.39, 0.29) is 0 Å². The molecule has 1 N–H and O–H groups in total. The van der Waals surface area contributed by atoms with Gasteiger partial charge in [0.2, 0.25) is 0 Å². The topological polar surface area (TPSA) is 21.3 Å². The van der Waals surface area contributed by atoms with Gasteiger partial charge >= 0.3 is 0 Å². The predicted molar refractivity (Wildman–Crippen MR) is 59.9 cm³/mol. The highest BCUT2D eigenvalue weighted by Gasteiger charge is 2.25. The number of hydrogen-bond donors (Lipinski definition) is 1. The van der Waals surface area contributed by atoms with Crippen LogP contribution in [0.25, 0.3) is 0 Å². The van der Waals surface area contributed by atoms with E-state index in [0.717, 1.165) is 18.4 Å². The molecule has 0 aliphatic heterocycles. The van der Waals surface area contributed by atoms with Crippen molar-refractivity contribution >= 4 is 0 Å². The molecule has 0 amide bonds. The molecule has 14 heavy (non-hydrogen) atoms. The summed E-state index contributed by atoms with van der Waals surface area (Å²) >= 11 is 0. The fourth-order valence-corrected chi connectivity index (χ4v) is 2.16. The highest BCUT2D eigenvalue weighted by molar-refractivity contribution is 4.78. The summed E-state index contributed by atoms with van der Waals surface area (Å²) in [5.74, 6) is 2.26. The van der Waals surface area contributed by atoms with Crippen molar-refractivity contribution in [2.75, 3.05) is 6.61 Å². The Morgan fingerprint density at radius 2 is 2.00 bits per heavy atom. The molecule has 2 heteroatoms. The maximum Gasteiger partial charge on any atom is 0.0705 e. The zero-order chi connectivity index (χ0) is 10.6. The molecule has 0 heterocycles. The molecule has 3 unspecified atom stereocenters. The van der Waals surface area contributed by atoms with Gasteiger partial charge in [-0.15, -0.1) is 0 Å². The first kappa shape index (κ1) is 12.0. The summed E-state index contributed by atoms with van der Waals surface area (Å²) in [7, 11) is 0. The number of rotatable bonds is 4. The normalized spacial score (nSPS) is 33.6. The maximum atomic E-state index is 5.49. The largest absolute Gasteiger partial charge is 0.301 e. The Kier molecular flexibility index (Phi) is 4.90. The summed E-state index contributed by atoms with van der Waals surface area (Å²) < 4.78 is 0. The van der Waals surface area contributed by atoms with Crippen LogP contribution in [0.15, 0.2) is 0 Å². The fourth-order valence-electron chi connectivity index (χ4n) is 2.16. The first-order valence-corrected chi connectivity index (χ1v) is 5.97. The second-order valence-corrected chi connectivity index (χ2v) is 5.32. The van der Waals surface area contributed by atoms with E-state index in [0.29, 0.717) is 12.0 Å². The van der Waals surface area contributed by atoms with Crippen LogP contribution in [0.3, 0.4) is 0 Å². The van der Waals surface area contributed by atoms with Crippen LogP contribution >= 0.6 is 0 Å². The minimum atomic E-state index is 0.574. The predicted octanol–water partition coefficient (Wildman–Crippen LogP) is 2.99. The van der Waals surface area contributed by atoms with E-state index in [2.05, 4.69) is 33.2 Å². The van der Waals surface area contributed by atoms with E-state index in [9.17, 15) is 0 Å². The van der Waals surface area contributed by atoms with Gasteiger partial charge in [-0.05, 0) is 37.0 Å². The van der Waals surface area contributed by atoms with Crippen molar-refractivity contribution < 1.29 is 4.84 Å². The van der Waals surface area contributed by atoms with Gasteiger partial charge in [-0.3, -0.25) is 0 Å². The van der Waals surface area contributed by atoms with Crippen LogP contribution < -0.4 is 5.48 Å². The Balaban J connectivity index is 2.17. The van der Waals surface area contributed by atoms with E-state index in [1.54, 1.807) is 0 Å². The molecule has 1 aliphatic carbocycles. The highest BCUT2D eigenvalue weighted by atomic mass is 16.6. The Labute approximate surface area is 88.4 Å². The molecular weight excluding hydrogens is 174 g/mol. The van der Waals surface area contributed by atoms with Crippen LogP contribution in [-0.4, -0.2) is 12.6 Å². The van der Waals surface area contributed by atoms with Gasteiger partial charge in [-0.1, -0.05) is 27.7 Å². The lowest BCUT2D eigenvalue weighted by Gasteiger charge is -2.32. The third kappa shape index (κ3) is 3.97. The molecule has 1 rings (SSSR count). The Morgan fingerprint density at radius 3 is 2.57 bits per heavy atom. The summed E-state index contributed by atoms with van der Waals surface area (Å²) in [6.07, 6.45) is 3.94. The van der Waals surface area contributed by atoms with Crippen LogP contribution in [0.2, 0.25) is 0 Å². The molecule has 1 aliphatic rings. The lowest BCUT2D eigenvalue weighted by Crippen LogP contribution is -2.39. The maximum absolute atomic E-state index is 5.49. The molecular formula is C12H25NO. The molecule has 1 saturated carbocycles. The summed E-state index contributed by atoms with van der Waals surface area (Å²) in [5, 5.41) is 0. The summed E-state index contributed by atoms with van der Waals surface area (Å²) in [6, 6.07) is 0.574. The quantitative estimate of drug-likeness (QED) is 0.703. The fraction of sp³-hybridized carbons (Fsp3) is 1.00. The number of hydrogen-bond acceptors (Lipinski definition) is 2. The zero-order valence-electron chi connectivity index (χ0n) is 10.0. The minimum absolute atomic E-state index is 0.574. The van der Waals surface area contributed by atoms with Crippen LogP contribution in [0, 0.1) is 17.8 Å². The zero-order valence-corrected chi connectivity index (χ0v) is 10.0. The molecule has 1 fully saturated rings.